The highest BCUT2D eigenvalue weighted by Gasteiger charge is 2.18. The molecule has 21 heavy (non-hydrogen) atoms. The van der Waals surface area contributed by atoms with Crippen LogP contribution in [0.1, 0.15) is 43.7 Å². The molecule has 2 N–H and O–H groups in total. The molecule has 2 amide bonds. The average Bonchev–Trinajstić information content (AvgIpc) is 2.33. The molecule has 0 unspecified atom stereocenters. The van der Waals surface area contributed by atoms with Crippen molar-refractivity contribution in [2.45, 2.75) is 46.3 Å². The molecule has 6 nitrogen and oxygen atoms in total. The number of hydrogen-bond acceptors (Lipinski definition) is 4. The topological polar surface area (TPSA) is 80.3 Å². The highest BCUT2D eigenvalue weighted by atomic mass is 16.6. The van der Waals surface area contributed by atoms with Crippen LogP contribution in [-0.2, 0) is 4.74 Å². The standard InChI is InChI=1S/C15H23N3O3/c1-10-8-12(6-7-16-10)13(19)17-9-11(2)18-14(20)21-15(3,4)5/h6-8,11H,9H2,1-5H3,(H,17,19)(H,18,20)/t11-/m0/s1. The van der Waals surface area contributed by atoms with Gasteiger partial charge in [-0.2, -0.15) is 0 Å². The van der Waals surface area contributed by atoms with E-state index in [2.05, 4.69) is 15.6 Å². The number of carbonyl (C=O) groups is 2. The molecule has 0 aliphatic carbocycles. The van der Waals surface area contributed by atoms with Gasteiger partial charge in [0.15, 0.2) is 0 Å². The molecule has 0 radical (unpaired) electrons. The van der Waals surface area contributed by atoms with Crippen LogP contribution >= 0.6 is 0 Å². The van der Waals surface area contributed by atoms with E-state index < -0.39 is 11.7 Å². The van der Waals surface area contributed by atoms with Crippen molar-refractivity contribution in [2.24, 2.45) is 0 Å². The van der Waals surface area contributed by atoms with Crippen LogP contribution in [0.4, 0.5) is 4.79 Å². The Bertz CT molecular complexity index is 509. The largest absolute Gasteiger partial charge is 0.444 e. The van der Waals surface area contributed by atoms with Gasteiger partial charge in [-0.05, 0) is 46.8 Å². The number of aromatic nitrogens is 1. The number of ether oxygens (including phenoxy) is 1. The zero-order valence-corrected chi connectivity index (χ0v) is 13.2. The van der Waals surface area contributed by atoms with Crippen LogP contribution < -0.4 is 10.6 Å². The summed E-state index contributed by atoms with van der Waals surface area (Å²) in [6, 6.07) is 3.13. The van der Waals surface area contributed by atoms with Gasteiger partial charge in [-0.15, -0.1) is 0 Å². The fraction of sp³-hybridized carbons (Fsp3) is 0.533. The minimum Gasteiger partial charge on any atom is -0.444 e. The molecule has 6 heteroatoms. The molecule has 1 atom stereocenters. The van der Waals surface area contributed by atoms with E-state index >= 15 is 0 Å². The minimum absolute atomic E-state index is 0.196. The lowest BCUT2D eigenvalue weighted by Gasteiger charge is -2.22. The van der Waals surface area contributed by atoms with Crippen LogP contribution in [0.5, 0.6) is 0 Å². The molecule has 1 aromatic rings. The first kappa shape index (κ1) is 16.9. The van der Waals surface area contributed by atoms with Gasteiger partial charge >= 0.3 is 6.09 Å². The summed E-state index contributed by atoms with van der Waals surface area (Å²) in [5.74, 6) is -0.196. The fourth-order valence-electron chi connectivity index (χ4n) is 1.59. The summed E-state index contributed by atoms with van der Waals surface area (Å²) >= 11 is 0. The number of nitrogens with one attached hydrogen (secondary N) is 2. The van der Waals surface area contributed by atoms with E-state index in [9.17, 15) is 9.59 Å². The molecule has 0 saturated carbocycles. The molecule has 1 aromatic heterocycles. The molecular weight excluding hydrogens is 270 g/mol. The van der Waals surface area contributed by atoms with E-state index in [-0.39, 0.29) is 11.9 Å². The molecular formula is C15H23N3O3. The predicted octanol–water partition coefficient (Wildman–Crippen LogP) is 2.03. The second-order valence-electron chi connectivity index (χ2n) is 5.94. The molecule has 0 saturated heterocycles. The first-order valence-corrected chi connectivity index (χ1v) is 6.88. The highest BCUT2D eigenvalue weighted by molar-refractivity contribution is 5.94. The summed E-state index contributed by atoms with van der Waals surface area (Å²) in [5, 5.41) is 5.42. The maximum absolute atomic E-state index is 11.9. The van der Waals surface area contributed by atoms with Gasteiger partial charge in [0.05, 0.1) is 0 Å². The van der Waals surface area contributed by atoms with Crippen molar-refractivity contribution < 1.29 is 14.3 Å². The molecule has 0 aromatic carbocycles. The Hall–Kier alpha value is -2.11. The van der Waals surface area contributed by atoms with Crippen LogP contribution in [0.3, 0.4) is 0 Å². The number of carbonyl (C=O) groups excluding carboxylic acids is 2. The third kappa shape index (κ3) is 6.74. The van der Waals surface area contributed by atoms with E-state index in [1.807, 2.05) is 6.92 Å². The molecule has 116 valence electrons. The van der Waals surface area contributed by atoms with Gasteiger partial charge < -0.3 is 15.4 Å². The van der Waals surface area contributed by atoms with Crippen LogP contribution in [0, 0.1) is 6.92 Å². The summed E-state index contributed by atoms with van der Waals surface area (Å²) in [5.41, 5.74) is 0.788. The van der Waals surface area contributed by atoms with Crippen LogP contribution in [0.2, 0.25) is 0 Å². The van der Waals surface area contributed by atoms with Crippen molar-refractivity contribution in [3.8, 4) is 0 Å². The monoisotopic (exact) mass is 293 g/mol. The van der Waals surface area contributed by atoms with Crippen molar-refractivity contribution in [3.05, 3.63) is 29.6 Å². The van der Waals surface area contributed by atoms with Crippen molar-refractivity contribution in [3.63, 3.8) is 0 Å². The SMILES string of the molecule is Cc1cc(C(=O)NC[C@H](C)NC(=O)OC(C)(C)C)ccn1. The summed E-state index contributed by atoms with van der Waals surface area (Å²) in [6.07, 6.45) is 1.09. The Morgan fingerprint density at radius 3 is 2.62 bits per heavy atom. The number of alkyl carbamates (subject to hydrolysis) is 1. The van der Waals surface area contributed by atoms with Crippen molar-refractivity contribution in [2.75, 3.05) is 6.54 Å². The second-order valence-corrected chi connectivity index (χ2v) is 5.94. The summed E-state index contributed by atoms with van der Waals surface area (Å²) < 4.78 is 5.14. The van der Waals surface area contributed by atoms with Crippen molar-refractivity contribution in [1.82, 2.24) is 15.6 Å². The van der Waals surface area contributed by atoms with Crippen LogP contribution in [0.15, 0.2) is 18.3 Å². The quantitative estimate of drug-likeness (QED) is 0.890. The first-order valence-electron chi connectivity index (χ1n) is 6.88. The summed E-state index contributed by atoms with van der Waals surface area (Å²) in [7, 11) is 0. The fourth-order valence-corrected chi connectivity index (χ4v) is 1.59. The summed E-state index contributed by atoms with van der Waals surface area (Å²) in [6.45, 7) is 9.32. The highest BCUT2D eigenvalue weighted by Crippen LogP contribution is 2.06. The predicted molar refractivity (Wildman–Crippen MR) is 80.1 cm³/mol. The smallest absolute Gasteiger partial charge is 0.407 e. The van der Waals surface area contributed by atoms with E-state index in [0.29, 0.717) is 12.1 Å². The van der Waals surface area contributed by atoms with E-state index in [4.69, 9.17) is 4.74 Å². The number of hydrogen-bond donors (Lipinski definition) is 2. The van der Waals surface area contributed by atoms with E-state index in [1.54, 1.807) is 46.0 Å². The third-order valence-electron chi connectivity index (χ3n) is 2.49. The maximum Gasteiger partial charge on any atom is 0.407 e. The van der Waals surface area contributed by atoms with E-state index in [1.165, 1.54) is 0 Å². The Morgan fingerprint density at radius 1 is 1.38 bits per heavy atom. The Morgan fingerprint density at radius 2 is 2.05 bits per heavy atom. The molecule has 0 fully saturated rings. The molecule has 0 bridgehead atoms. The van der Waals surface area contributed by atoms with Gasteiger partial charge in [-0.1, -0.05) is 0 Å². The second kappa shape index (κ2) is 7.06. The van der Waals surface area contributed by atoms with E-state index in [0.717, 1.165) is 5.69 Å². The zero-order chi connectivity index (χ0) is 16.0. The van der Waals surface area contributed by atoms with Gasteiger partial charge in [0, 0.05) is 30.0 Å². The Kier molecular flexibility index (Phi) is 5.69. The van der Waals surface area contributed by atoms with Gasteiger partial charge in [0.25, 0.3) is 5.91 Å². The lowest BCUT2D eigenvalue weighted by molar-refractivity contribution is 0.0506. The third-order valence-corrected chi connectivity index (χ3v) is 2.49. The minimum atomic E-state index is -0.540. The first-order chi connectivity index (χ1) is 9.67. The average molecular weight is 293 g/mol. The van der Waals surface area contributed by atoms with Crippen molar-refractivity contribution >= 4 is 12.0 Å². The maximum atomic E-state index is 11.9. The molecule has 0 aliphatic rings. The van der Waals surface area contributed by atoms with Gasteiger partial charge in [-0.25, -0.2) is 4.79 Å². The molecule has 1 heterocycles. The number of pyridine rings is 1. The zero-order valence-electron chi connectivity index (χ0n) is 13.2. The molecule has 0 spiro atoms. The van der Waals surface area contributed by atoms with Gasteiger partial charge in [0.2, 0.25) is 0 Å². The molecule has 1 rings (SSSR count). The van der Waals surface area contributed by atoms with Crippen LogP contribution in [-0.4, -0.2) is 35.2 Å². The number of rotatable bonds is 4. The lowest BCUT2D eigenvalue weighted by atomic mass is 10.2. The normalized spacial score (nSPS) is 12.4. The Labute approximate surface area is 125 Å². The number of amides is 2. The number of aryl methyl sites for hydroxylation is 1. The Balaban J connectivity index is 2.41. The molecule has 0 aliphatic heterocycles. The van der Waals surface area contributed by atoms with Crippen LogP contribution in [0.25, 0.3) is 0 Å². The van der Waals surface area contributed by atoms with Gasteiger partial charge in [0.1, 0.15) is 5.60 Å². The lowest BCUT2D eigenvalue weighted by Crippen LogP contribution is -2.43. The van der Waals surface area contributed by atoms with Gasteiger partial charge in [-0.3, -0.25) is 9.78 Å². The number of nitrogens with zero attached hydrogens (tertiary/aromatic N) is 1. The van der Waals surface area contributed by atoms with Crippen molar-refractivity contribution in [1.29, 1.82) is 0 Å². The summed E-state index contributed by atoms with van der Waals surface area (Å²) in [4.78, 5) is 27.5.